The molecule has 0 fully saturated rings. The van der Waals surface area contributed by atoms with Gasteiger partial charge in [-0.15, -0.1) is 0 Å². The number of carboxylic acids is 1. The molecule has 3 nitrogen and oxygen atoms in total. The summed E-state index contributed by atoms with van der Waals surface area (Å²) in [6.45, 7) is 8.67. The number of benzene rings is 1. The summed E-state index contributed by atoms with van der Waals surface area (Å²) in [7, 11) is 2.00. The maximum atomic E-state index is 10.9. The van der Waals surface area contributed by atoms with Crippen molar-refractivity contribution in [1.29, 1.82) is 0 Å². The predicted molar refractivity (Wildman–Crippen MR) is 70.7 cm³/mol. The number of carboxylic acid groups (broad SMARTS) is 1. The van der Waals surface area contributed by atoms with Crippen LogP contribution in [0.5, 0.6) is 0 Å². The van der Waals surface area contributed by atoms with Gasteiger partial charge in [0.2, 0.25) is 0 Å². The Morgan fingerprint density at radius 2 is 1.94 bits per heavy atom. The maximum Gasteiger partial charge on any atom is 0.335 e. The van der Waals surface area contributed by atoms with Gasteiger partial charge < -0.3 is 10.0 Å². The van der Waals surface area contributed by atoms with Crippen molar-refractivity contribution in [1.82, 2.24) is 0 Å². The average molecular weight is 235 g/mol. The third-order valence-electron chi connectivity index (χ3n) is 3.33. The third kappa shape index (κ3) is 3.22. The molecule has 0 radical (unpaired) electrons. The van der Waals surface area contributed by atoms with Gasteiger partial charge in [0.05, 0.1) is 5.56 Å². The summed E-state index contributed by atoms with van der Waals surface area (Å²) in [4.78, 5) is 13.0. The van der Waals surface area contributed by atoms with Crippen LogP contribution in [0.4, 0.5) is 5.69 Å². The molecule has 1 rings (SSSR count). The first kappa shape index (κ1) is 13.6. The molecule has 1 N–H and O–H groups in total. The minimum absolute atomic E-state index is 0.147. The van der Waals surface area contributed by atoms with E-state index in [1.54, 1.807) is 18.2 Å². The lowest BCUT2D eigenvalue weighted by Gasteiger charge is -2.37. The fourth-order valence-corrected chi connectivity index (χ4v) is 1.66. The summed E-state index contributed by atoms with van der Waals surface area (Å²) >= 11 is 0. The van der Waals surface area contributed by atoms with E-state index in [9.17, 15) is 4.79 Å². The van der Waals surface area contributed by atoms with Gasteiger partial charge in [-0.3, -0.25) is 0 Å². The molecule has 1 aromatic carbocycles. The zero-order valence-electron chi connectivity index (χ0n) is 11.2. The Hall–Kier alpha value is -1.51. The zero-order valence-corrected chi connectivity index (χ0v) is 11.2. The molecule has 3 heteroatoms. The normalized spacial score (nSPS) is 13.2. The van der Waals surface area contributed by atoms with Crippen molar-refractivity contribution in [3.05, 3.63) is 29.8 Å². The maximum absolute atomic E-state index is 10.9. The highest BCUT2D eigenvalue weighted by atomic mass is 16.4. The molecular weight excluding hydrogens is 214 g/mol. The number of anilines is 1. The van der Waals surface area contributed by atoms with E-state index in [2.05, 4.69) is 32.6 Å². The molecule has 0 saturated heterocycles. The second-order valence-electron chi connectivity index (χ2n) is 5.51. The Bertz CT molecular complexity index is 407. The lowest BCUT2D eigenvalue weighted by atomic mass is 9.87. The summed E-state index contributed by atoms with van der Waals surface area (Å²) in [5, 5.41) is 8.97. The standard InChI is InChI=1S/C14H21NO2/c1-10(14(2,3)4)15(5)12-8-6-7-11(9-12)13(16)17/h6-10H,1-5H3,(H,16,17). The Balaban J connectivity index is 3.00. The summed E-state index contributed by atoms with van der Waals surface area (Å²) in [6, 6.07) is 7.37. The van der Waals surface area contributed by atoms with Crippen molar-refractivity contribution < 1.29 is 9.90 Å². The Labute approximate surface area is 103 Å². The molecule has 0 heterocycles. The average Bonchev–Trinajstić information content (AvgIpc) is 2.26. The largest absolute Gasteiger partial charge is 0.478 e. The highest BCUT2D eigenvalue weighted by Gasteiger charge is 2.24. The van der Waals surface area contributed by atoms with Crippen LogP contribution >= 0.6 is 0 Å². The van der Waals surface area contributed by atoms with Gasteiger partial charge in [-0.25, -0.2) is 4.79 Å². The molecule has 0 spiro atoms. The van der Waals surface area contributed by atoms with E-state index in [0.29, 0.717) is 11.6 Å². The SMILES string of the molecule is CC(N(C)c1cccc(C(=O)O)c1)C(C)(C)C. The third-order valence-corrected chi connectivity index (χ3v) is 3.33. The first-order valence-electron chi connectivity index (χ1n) is 5.79. The highest BCUT2D eigenvalue weighted by molar-refractivity contribution is 5.88. The van der Waals surface area contributed by atoms with Gasteiger partial charge in [-0.1, -0.05) is 26.8 Å². The van der Waals surface area contributed by atoms with Crippen LogP contribution in [0.25, 0.3) is 0 Å². The summed E-state index contributed by atoms with van der Waals surface area (Å²) in [5.74, 6) is -0.885. The minimum atomic E-state index is -0.885. The summed E-state index contributed by atoms with van der Waals surface area (Å²) in [6.07, 6.45) is 0. The second kappa shape index (κ2) is 4.78. The predicted octanol–water partition coefficient (Wildman–Crippen LogP) is 3.26. The van der Waals surface area contributed by atoms with Gasteiger partial charge in [0.1, 0.15) is 0 Å². The number of hydrogen-bond donors (Lipinski definition) is 1. The quantitative estimate of drug-likeness (QED) is 0.874. The number of nitrogens with zero attached hydrogens (tertiary/aromatic N) is 1. The molecule has 0 bridgehead atoms. The fourth-order valence-electron chi connectivity index (χ4n) is 1.66. The number of aromatic carboxylic acids is 1. The van der Waals surface area contributed by atoms with Crippen LogP contribution in [0.15, 0.2) is 24.3 Å². The molecule has 1 aromatic rings. The van der Waals surface area contributed by atoms with E-state index < -0.39 is 5.97 Å². The first-order valence-corrected chi connectivity index (χ1v) is 5.79. The fraction of sp³-hybridized carbons (Fsp3) is 0.500. The molecular formula is C14H21NO2. The monoisotopic (exact) mass is 235 g/mol. The molecule has 1 atom stereocenters. The van der Waals surface area contributed by atoms with Crippen molar-refractivity contribution >= 4 is 11.7 Å². The summed E-state index contributed by atoms with van der Waals surface area (Å²) in [5.41, 5.74) is 1.41. The van der Waals surface area contributed by atoms with Crippen LogP contribution in [-0.2, 0) is 0 Å². The molecule has 0 amide bonds. The van der Waals surface area contributed by atoms with Crippen LogP contribution < -0.4 is 4.90 Å². The van der Waals surface area contributed by atoms with E-state index in [1.165, 1.54) is 0 Å². The van der Waals surface area contributed by atoms with Crippen molar-refractivity contribution in [2.24, 2.45) is 5.41 Å². The van der Waals surface area contributed by atoms with Crippen LogP contribution in [0, 0.1) is 5.41 Å². The molecule has 0 aliphatic heterocycles. The molecule has 0 aliphatic rings. The lowest BCUT2D eigenvalue weighted by Crippen LogP contribution is -2.39. The van der Waals surface area contributed by atoms with Gasteiger partial charge in [0.15, 0.2) is 0 Å². The topological polar surface area (TPSA) is 40.5 Å². The number of hydrogen-bond acceptors (Lipinski definition) is 2. The van der Waals surface area contributed by atoms with E-state index in [4.69, 9.17) is 5.11 Å². The van der Waals surface area contributed by atoms with Gasteiger partial charge in [-0.05, 0) is 30.5 Å². The zero-order chi connectivity index (χ0) is 13.2. The van der Waals surface area contributed by atoms with E-state index in [0.717, 1.165) is 5.69 Å². The molecule has 94 valence electrons. The van der Waals surface area contributed by atoms with Gasteiger partial charge in [0, 0.05) is 18.8 Å². The van der Waals surface area contributed by atoms with E-state index >= 15 is 0 Å². The van der Waals surface area contributed by atoms with Gasteiger partial charge >= 0.3 is 5.97 Å². The number of carbonyl (C=O) groups is 1. The van der Waals surface area contributed by atoms with Crippen molar-refractivity contribution in [3.63, 3.8) is 0 Å². The molecule has 0 aliphatic carbocycles. The lowest BCUT2D eigenvalue weighted by molar-refractivity contribution is 0.0697. The second-order valence-corrected chi connectivity index (χ2v) is 5.51. The van der Waals surface area contributed by atoms with E-state index in [1.807, 2.05) is 13.1 Å². The smallest absolute Gasteiger partial charge is 0.335 e. The van der Waals surface area contributed by atoms with Crippen molar-refractivity contribution in [2.75, 3.05) is 11.9 Å². The van der Waals surface area contributed by atoms with Crippen LogP contribution in [0.1, 0.15) is 38.1 Å². The number of rotatable bonds is 3. The molecule has 0 aromatic heterocycles. The molecule has 1 unspecified atom stereocenters. The van der Waals surface area contributed by atoms with E-state index in [-0.39, 0.29) is 5.41 Å². The summed E-state index contributed by atoms with van der Waals surface area (Å²) < 4.78 is 0. The van der Waals surface area contributed by atoms with Gasteiger partial charge in [-0.2, -0.15) is 0 Å². The van der Waals surface area contributed by atoms with Crippen molar-refractivity contribution in [3.8, 4) is 0 Å². The van der Waals surface area contributed by atoms with Crippen LogP contribution in [0.2, 0.25) is 0 Å². The Morgan fingerprint density at radius 3 is 2.41 bits per heavy atom. The molecule has 17 heavy (non-hydrogen) atoms. The van der Waals surface area contributed by atoms with Crippen molar-refractivity contribution in [2.45, 2.75) is 33.7 Å². The molecule has 0 saturated carbocycles. The Morgan fingerprint density at radius 1 is 1.35 bits per heavy atom. The first-order chi connectivity index (χ1) is 7.73. The highest BCUT2D eigenvalue weighted by Crippen LogP contribution is 2.27. The minimum Gasteiger partial charge on any atom is -0.478 e. The Kier molecular flexibility index (Phi) is 3.81. The van der Waals surface area contributed by atoms with Crippen LogP contribution in [0.3, 0.4) is 0 Å². The van der Waals surface area contributed by atoms with Gasteiger partial charge in [0.25, 0.3) is 0 Å². The van der Waals surface area contributed by atoms with Crippen LogP contribution in [-0.4, -0.2) is 24.2 Å².